The molecule has 1 fully saturated rings. The van der Waals surface area contributed by atoms with E-state index in [9.17, 15) is 0 Å². The summed E-state index contributed by atoms with van der Waals surface area (Å²) in [5, 5.41) is 0. The van der Waals surface area contributed by atoms with E-state index in [1.165, 1.54) is 0 Å². The van der Waals surface area contributed by atoms with Crippen LogP contribution in [0.15, 0.2) is 0 Å². The van der Waals surface area contributed by atoms with Gasteiger partial charge >= 0.3 is 8.80 Å². The molecule has 1 aliphatic heterocycles. The molecule has 1 unspecified atom stereocenters. The van der Waals surface area contributed by atoms with Crippen molar-refractivity contribution in [2.75, 3.05) is 39.6 Å². The number of ether oxygens (including phenoxy) is 2. The maximum Gasteiger partial charge on any atom is 0.503 e. The zero-order chi connectivity index (χ0) is 14.6. The molecule has 19 heavy (non-hydrogen) atoms. The second-order valence-electron chi connectivity index (χ2n) is 3.92. The molecule has 1 aliphatic rings. The molecule has 5 nitrogen and oxygen atoms in total. The van der Waals surface area contributed by atoms with Crippen LogP contribution in [-0.2, 0) is 22.8 Å². The summed E-state index contributed by atoms with van der Waals surface area (Å²) in [6, 6.07) is 0.794. The van der Waals surface area contributed by atoms with Gasteiger partial charge < -0.3 is 22.8 Å². The molecular weight excluding hydrogens is 264 g/mol. The monoisotopic (exact) mass is 294 g/mol. The van der Waals surface area contributed by atoms with Gasteiger partial charge in [-0.05, 0) is 34.6 Å². The molecule has 0 aromatic heterocycles. The number of hydrogen-bond donors (Lipinski definition) is 0. The van der Waals surface area contributed by atoms with Gasteiger partial charge in [0.05, 0.1) is 12.7 Å². The molecule has 0 saturated carbocycles. The molecule has 6 heteroatoms. The van der Waals surface area contributed by atoms with Crippen LogP contribution in [0.2, 0.25) is 6.04 Å². The van der Waals surface area contributed by atoms with E-state index in [4.69, 9.17) is 22.8 Å². The van der Waals surface area contributed by atoms with Crippen molar-refractivity contribution in [1.82, 2.24) is 0 Å². The van der Waals surface area contributed by atoms with Crippen LogP contribution >= 0.6 is 0 Å². The molecule has 1 rings (SSSR count). The summed E-state index contributed by atoms with van der Waals surface area (Å²) in [5.41, 5.74) is 0. The highest BCUT2D eigenvalue weighted by Crippen LogP contribution is 2.25. The standard InChI is InChI=1S/C9H20O4Si.C4H10O/c1-4-11-14(12-5-2,13-6-3)8-9-7-10-9;1-3-5-4-2/h9H,4-8H2,1-3H3;3-4H2,1-2H3. The van der Waals surface area contributed by atoms with Crippen molar-refractivity contribution in [3.63, 3.8) is 0 Å². The Kier molecular flexibility index (Phi) is 11.8. The van der Waals surface area contributed by atoms with E-state index in [-0.39, 0.29) is 0 Å². The van der Waals surface area contributed by atoms with Gasteiger partial charge in [-0.25, -0.2) is 0 Å². The highest BCUT2D eigenvalue weighted by molar-refractivity contribution is 6.60. The summed E-state index contributed by atoms with van der Waals surface area (Å²) in [4.78, 5) is 0. The maximum absolute atomic E-state index is 5.68. The minimum Gasteiger partial charge on any atom is -0.382 e. The minimum atomic E-state index is -2.42. The van der Waals surface area contributed by atoms with E-state index in [2.05, 4.69) is 0 Å². The summed E-state index contributed by atoms with van der Waals surface area (Å²) >= 11 is 0. The number of rotatable bonds is 10. The summed E-state index contributed by atoms with van der Waals surface area (Å²) in [5.74, 6) is 0. The first-order valence-corrected chi connectivity index (χ1v) is 9.22. The van der Waals surface area contributed by atoms with Crippen molar-refractivity contribution < 1.29 is 22.8 Å². The lowest BCUT2D eigenvalue weighted by molar-refractivity contribution is 0.0693. The Morgan fingerprint density at radius 3 is 1.47 bits per heavy atom. The zero-order valence-electron chi connectivity index (χ0n) is 13.1. The van der Waals surface area contributed by atoms with Crippen molar-refractivity contribution in [1.29, 1.82) is 0 Å². The van der Waals surface area contributed by atoms with Crippen molar-refractivity contribution in [3.05, 3.63) is 0 Å². The van der Waals surface area contributed by atoms with Gasteiger partial charge in [-0.1, -0.05) is 0 Å². The van der Waals surface area contributed by atoms with E-state index in [0.29, 0.717) is 25.9 Å². The summed E-state index contributed by atoms with van der Waals surface area (Å²) in [7, 11) is -2.42. The van der Waals surface area contributed by atoms with Gasteiger partial charge in [-0.15, -0.1) is 0 Å². The third-order valence-electron chi connectivity index (χ3n) is 2.38. The van der Waals surface area contributed by atoms with Crippen LogP contribution in [0, 0.1) is 0 Å². The summed E-state index contributed by atoms with van der Waals surface area (Å²) in [6.45, 7) is 14.3. The molecule has 0 N–H and O–H groups in total. The highest BCUT2D eigenvalue weighted by atomic mass is 28.4. The third-order valence-corrected chi connectivity index (χ3v) is 5.52. The second-order valence-corrected chi connectivity index (χ2v) is 6.56. The molecule has 0 spiro atoms. The molecule has 1 heterocycles. The van der Waals surface area contributed by atoms with E-state index < -0.39 is 8.80 Å². The largest absolute Gasteiger partial charge is 0.503 e. The molecule has 116 valence electrons. The first kappa shape index (κ1) is 19.0. The molecular formula is C13H30O5Si. The Balaban J connectivity index is 0.000000555. The van der Waals surface area contributed by atoms with Gasteiger partial charge in [0.25, 0.3) is 0 Å². The van der Waals surface area contributed by atoms with E-state index in [0.717, 1.165) is 25.9 Å². The molecule has 0 bridgehead atoms. The SMILES string of the molecule is CCOCC.CCO[Si](CC1CO1)(OCC)OCC. The fraction of sp³-hybridized carbons (Fsp3) is 1.00. The highest BCUT2D eigenvalue weighted by Gasteiger charge is 2.46. The lowest BCUT2D eigenvalue weighted by atomic mass is 10.6. The average Bonchev–Trinajstić information content (AvgIpc) is 3.16. The van der Waals surface area contributed by atoms with E-state index in [1.54, 1.807) is 0 Å². The van der Waals surface area contributed by atoms with Gasteiger partial charge in [0.15, 0.2) is 0 Å². The Morgan fingerprint density at radius 1 is 0.842 bits per heavy atom. The first-order valence-electron chi connectivity index (χ1n) is 7.29. The minimum absolute atomic E-state index is 0.298. The topological polar surface area (TPSA) is 49.5 Å². The van der Waals surface area contributed by atoms with Gasteiger partial charge in [0, 0.05) is 39.1 Å². The molecule has 0 radical (unpaired) electrons. The molecule has 0 amide bonds. The van der Waals surface area contributed by atoms with Crippen LogP contribution < -0.4 is 0 Å². The van der Waals surface area contributed by atoms with Gasteiger partial charge in [-0.2, -0.15) is 0 Å². The average molecular weight is 294 g/mol. The Hall–Kier alpha value is 0.0169. The fourth-order valence-corrected chi connectivity index (χ4v) is 4.35. The van der Waals surface area contributed by atoms with Crippen LogP contribution in [0.4, 0.5) is 0 Å². The van der Waals surface area contributed by atoms with E-state index >= 15 is 0 Å². The Labute approximate surface area is 118 Å². The van der Waals surface area contributed by atoms with Crippen molar-refractivity contribution in [3.8, 4) is 0 Å². The lowest BCUT2D eigenvalue weighted by Gasteiger charge is -2.27. The van der Waals surface area contributed by atoms with E-state index in [1.807, 2.05) is 34.6 Å². The molecule has 0 aromatic rings. The molecule has 1 saturated heterocycles. The normalized spacial score (nSPS) is 17.8. The second kappa shape index (κ2) is 11.8. The van der Waals surface area contributed by atoms with Crippen molar-refractivity contribution in [2.24, 2.45) is 0 Å². The van der Waals surface area contributed by atoms with Gasteiger partial charge in [0.1, 0.15) is 0 Å². The van der Waals surface area contributed by atoms with Crippen LogP contribution in [0.3, 0.4) is 0 Å². The summed E-state index contributed by atoms with van der Waals surface area (Å²) in [6.07, 6.45) is 0.298. The van der Waals surface area contributed by atoms with Crippen molar-refractivity contribution in [2.45, 2.75) is 46.8 Å². The fourth-order valence-electron chi connectivity index (χ4n) is 1.63. The number of hydrogen-bond acceptors (Lipinski definition) is 5. The summed E-state index contributed by atoms with van der Waals surface area (Å²) < 4.78 is 27.1. The lowest BCUT2D eigenvalue weighted by Crippen LogP contribution is -2.47. The molecule has 0 aliphatic carbocycles. The third kappa shape index (κ3) is 9.54. The zero-order valence-corrected chi connectivity index (χ0v) is 14.1. The Bertz CT molecular complexity index is 180. The number of epoxide rings is 1. The van der Waals surface area contributed by atoms with Crippen LogP contribution in [-0.4, -0.2) is 54.5 Å². The van der Waals surface area contributed by atoms with Gasteiger partial charge in [-0.3, -0.25) is 0 Å². The quantitative estimate of drug-likeness (QED) is 0.457. The predicted molar refractivity (Wildman–Crippen MR) is 77.3 cm³/mol. The molecule has 0 aromatic carbocycles. The Morgan fingerprint density at radius 2 is 1.26 bits per heavy atom. The van der Waals surface area contributed by atoms with Crippen LogP contribution in [0.1, 0.15) is 34.6 Å². The van der Waals surface area contributed by atoms with Crippen LogP contribution in [0.25, 0.3) is 0 Å². The molecule has 1 atom stereocenters. The van der Waals surface area contributed by atoms with Crippen LogP contribution in [0.5, 0.6) is 0 Å². The predicted octanol–water partition coefficient (Wildman–Crippen LogP) is 2.48. The smallest absolute Gasteiger partial charge is 0.382 e. The van der Waals surface area contributed by atoms with Gasteiger partial charge in [0.2, 0.25) is 0 Å². The van der Waals surface area contributed by atoms with Crippen molar-refractivity contribution >= 4 is 8.80 Å². The maximum atomic E-state index is 5.68. The first-order chi connectivity index (χ1) is 9.17.